The molecule has 0 radical (unpaired) electrons. The molecule has 0 heterocycles. The number of benzene rings is 1. The fourth-order valence-corrected chi connectivity index (χ4v) is 2.47. The summed E-state index contributed by atoms with van der Waals surface area (Å²) in [5.74, 6) is 0.833. The minimum Gasteiger partial charge on any atom is -0.316 e. The Balaban J connectivity index is 2.16. The molecule has 1 aromatic carbocycles. The zero-order valence-electron chi connectivity index (χ0n) is 10.0. The van der Waals surface area contributed by atoms with Gasteiger partial charge in [-0.05, 0) is 31.4 Å². The van der Waals surface area contributed by atoms with Gasteiger partial charge in [-0.1, -0.05) is 43.7 Å². The van der Waals surface area contributed by atoms with Gasteiger partial charge in [-0.3, -0.25) is 0 Å². The third-order valence-corrected chi connectivity index (χ3v) is 3.77. The van der Waals surface area contributed by atoms with Gasteiger partial charge >= 0.3 is 0 Å². The normalized spacial score (nSPS) is 29.1. The molecule has 0 spiro atoms. The van der Waals surface area contributed by atoms with Gasteiger partial charge in [0, 0.05) is 12.0 Å². The van der Waals surface area contributed by atoms with Crippen molar-refractivity contribution in [3.8, 4) is 0 Å². The second-order valence-corrected chi connectivity index (χ2v) is 4.91. The molecule has 0 amide bonds. The summed E-state index contributed by atoms with van der Waals surface area (Å²) in [4.78, 5) is 0. The molecule has 2 unspecified atom stereocenters. The lowest BCUT2D eigenvalue weighted by atomic mass is 9.92. The standard InChI is InChI=1S/C14H21N/c1-4-15-10-14(9-12(14)3)13-7-5-11(2)6-8-13/h5-8,12,15H,4,9-10H2,1-3H3. The van der Waals surface area contributed by atoms with Gasteiger partial charge in [0.25, 0.3) is 0 Å². The highest BCUT2D eigenvalue weighted by molar-refractivity contribution is 5.35. The Labute approximate surface area is 92.9 Å². The minimum absolute atomic E-state index is 0.434. The van der Waals surface area contributed by atoms with Crippen LogP contribution in [0, 0.1) is 12.8 Å². The molecule has 1 heteroatoms. The summed E-state index contributed by atoms with van der Waals surface area (Å²) < 4.78 is 0. The number of aryl methyl sites for hydroxylation is 1. The third-order valence-electron chi connectivity index (χ3n) is 3.77. The smallest absolute Gasteiger partial charge is 0.0106 e. The van der Waals surface area contributed by atoms with E-state index in [1.807, 2.05) is 0 Å². The van der Waals surface area contributed by atoms with Crippen LogP contribution in [0.4, 0.5) is 0 Å². The first-order valence-electron chi connectivity index (χ1n) is 5.97. The highest BCUT2D eigenvalue weighted by Gasteiger charge is 2.51. The Bertz CT molecular complexity index is 328. The van der Waals surface area contributed by atoms with Crippen molar-refractivity contribution in [2.45, 2.75) is 32.6 Å². The molecular weight excluding hydrogens is 182 g/mol. The predicted octanol–water partition coefficient (Wildman–Crippen LogP) is 2.88. The molecule has 1 fully saturated rings. The number of nitrogens with one attached hydrogen (secondary N) is 1. The quantitative estimate of drug-likeness (QED) is 0.793. The minimum atomic E-state index is 0.434. The summed E-state index contributed by atoms with van der Waals surface area (Å²) in [6.07, 6.45) is 1.34. The first kappa shape index (κ1) is 10.7. The molecule has 0 saturated heterocycles. The molecule has 1 saturated carbocycles. The van der Waals surface area contributed by atoms with Crippen LogP contribution >= 0.6 is 0 Å². The number of hydrogen-bond donors (Lipinski definition) is 1. The molecular formula is C14H21N. The van der Waals surface area contributed by atoms with Crippen LogP contribution in [0.15, 0.2) is 24.3 Å². The summed E-state index contributed by atoms with van der Waals surface area (Å²) in [5, 5.41) is 3.49. The average Bonchev–Trinajstić information content (AvgIpc) is 2.89. The molecule has 2 atom stereocenters. The van der Waals surface area contributed by atoms with Gasteiger partial charge in [-0.15, -0.1) is 0 Å². The first-order chi connectivity index (χ1) is 7.19. The van der Waals surface area contributed by atoms with E-state index in [0.717, 1.165) is 19.0 Å². The van der Waals surface area contributed by atoms with Crippen LogP contribution in [0.5, 0.6) is 0 Å². The van der Waals surface area contributed by atoms with E-state index in [0.29, 0.717) is 5.41 Å². The van der Waals surface area contributed by atoms with E-state index in [2.05, 4.69) is 50.4 Å². The van der Waals surface area contributed by atoms with E-state index in [9.17, 15) is 0 Å². The summed E-state index contributed by atoms with van der Waals surface area (Å²) >= 11 is 0. The van der Waals surface area contributed by atoms with Crippen LogP contribution in [0.1, 0.15) is 31.4 Å². The molecule has 1 nitrogen and oxygen atoms in total. The van der Waals surface area contributed by atoms with E-state index in [-0.39, 0.29) is 0 Å². The first-order valence-corrected chi connectivity index (χ1v) is 5.97. The third kappa shape index (κ3) is 1.93. The molecule has 1 aliphatic carbocycles. The van der Waals surface area contributed by atoms with Gasteiger partial charge in [0.2, 0.25) is 0 Å². The Kier molecular flexibility index (Phi) is 2.83. The summed E-state index contributed by atoms with van der Waals surface area (Å²) in [6.45, 7) is 8.89. The van der Waals surface area contributed by atoms with Crippen LogP contribution in [-0.4, -0.2) is 13.1 Å². The average molecular weight is 203 g/mol. The maximum absolute atomic E-state index is 3.49. The van der Waals surface area contributed by atoms with E-state index >= 15 is 0 Å². The molecule has 15 heavy (non-hydrogen) atoms. The van der Waals surface area contributed by atoms with Crippen molar-refractivity contribution in [2.24, 2.45) is 5.92 Å². The topological polar surface area (TPSA) is 12.0 Å². The van der Waals surface area contributed by atoms with E-state index in [4.69, 9.17) is 0 Å². The van der Waals surface area contributed by atoms with Gasteiger partial charge in [-0.25, -0.2) is 0 Å². The molecule has 0 bridgehead atoms. The van der Waals surface area contributed by atoms with Gasteiger partial charge < -0.3 is 5.32 Å². The van der Waals surface area contributed by atoms with Gasteiger partial charge in [0.15, 0.2) is 0 Å². The summed E-state index contributed by atoms with van der Waals surface area (Å²) in [5.41, 5.74) is 3.30. The van der Waals surface area contributed by atoms with Crippen LogP contribution < -0.4 is 5.32 Å². The summed E-state index contributed by atoms with van der Waals surface area (Å²) in [6, 6.07) is 9.06. The Morgan fingerprint density at radius 1 is 1.33 bits per heavy atom. The number of likely N-dealkylation sites (N-methyl/N-ethyl adjacent to an activating group) is 1. The number of hydrogen-bond acceptors (Lipinski definition) is 1. The molecule has 0 aromatic heterocycles. The van der Waals surface area contributed by atoms with Crippen molar-refractivity contribution in [3.05, 3.63) is 35.4 Å². The molecule has 2 rings (SSSR count). The van der Waals surface area contributed by atoms with Gasteiger partial charge in [0.1, 0.15) is 0 Å². The monoisotopic (exact) mass is 203 g/mol. The maximum atomic E-state index is 3.49. The Hall–Kier alpha value is -0.820. The van der Waals surface area contributed by atoms with Crippen LogP contribution in [-0.2, 0) is 5.41 Å². The van der Waals surface area contributed by atoms with Crippen molar-refractivity contribution in [3.63, 3.8) is 0 Å². The fourth-order valence-electron chi connectivity index (χ4n) is 2.47. The highest BCUT2D eigenvalue weighted by Crippen LogP contribution is 2.53. The maximum Gasteiger partial charge on any atom is 0.0106 e. The van der Waals surface area contributed by atoms with Crippen molar-refractivity contribution in [1.29, 1.82) is 0 Å². The number of rotatable bonds is 4. The van der Waals surface area contributed by atoms with E-state index in [1.165, 1.54) is 17.5 Å². The van der Waals surface area contributed by atoms with Gasteiger partial charge in [0.05, 0.1) is 0 Å². The zero-order chi connectivity index (χ0) is 10.9. The van der Waals surface area contributed by atoms with Crippen molar-refractivity contribution >= 4 is 0 Å². The fraction of sp³-hybridized carbons (Fsp3) is 0.571. The zero-order valence-corrected chi connectivity index (χ0v) is 10.0. The van der Waals surface area contributed by atoms with Crippen molar-refractivity contribution < 1.29 is 0 Å². The lowest BCUT2D eigenvalue weighted by Gasteiger charge is -2.17. The molecule has 82 valence electrons. The molecule has 1 N–H and O–H groups in total. The van der Waals surface area contributed by atoms with Crippen molar-refractivity contribution in [1.82, 2.24) is 5.32 Å². The van der Waals surface area contributed by atoms with Crippen LogP contribution in [0.25, 0.3) is 0 Å². The van der Waals surface area contributed by atoms with Gasteiger partial charge in [-0.2, -0.15) is 0 Å². The summed E-state index contributed by atoms with van der Waals surface area (Å²) in [7, 11) is 0. The molecule has 1 aromatic rings. The SMILES string of the molecule is CCNCC1(c2ccc(C)cc2)CC1C. The molecule has 1 aliphatic rings. The Morgan fingerprint density at radius 3 is 2.40 bits per heavy atom. The second-order valence-electron chi connectivity index (χ2n) is 4.91. The van der Waals surface area contributed by atoms with Crippen molar-refractivity contribution in [2.75, 3.05) is 13.1 Å². The van der Waals surface area contributed by atoms with E-state index in [1.54, 1.807) is 0 Å². The lowest BCUT2D eigenvalue weighted by molar-refractivity contribution is 0.555. The Morgan fingerprint density at radius 2 is 1.93 bits per heavy atom. The highest BCUT2D eigenvalue weighted by atomic mass is 14.9. The molecule has 0 aliphatic heterocycles. The largest absolute Gasteiger partial charge is 0.316 e. The lowest BCUT2D eigenvalue weighted by Crippen LogP contribution is -2.28. The van der Waals surface area contributed by atoms with Crippen LogP contribution in [0.2, 0.25) is 0 Å². The predicted molar refractivity (Wildman–Crippen MR) is 65.2 cm³/mol. The second kappa shape index (κ2) is 3.97. The van der Waals surface area contributed by atoms with E-state index < -0.39 is 0 Å². The van der Waals surface area contributed by atoms with Crippen LogP contribution in [0.3, 0.4) is 0 Å².